The van der Waals surface area contributed by atoms with Crippen molar-refractivity contribution in [1.29, 1.82) is 0 Å². The van der Waals surface area contributed by atoms with Gasteiger partial charge in [0.05, 0.1) is 12.3 Å². The Hall–Kier alpha value is -2.99. The van der Waals surface area contributed by atoms with Gasteiger partial charge in [0.25, 0.3) is 5.91 Å². The van der Waals surface area contributed by atoms with Gasteiger partial charge in [0.15, 0.2) is 0 Å². The van der Waals surface area contributed by atoms with E-state index in [1.54, 1.807) is 25.4 Å². The first-order valence-electron chi connectivity index (χ1n) is 8.12. The van der Waals surface area contributed by atoms with Gasteiger partial charge in [0.1, 0.15) is 17.3 Å². The van der Waals surface area contributed by atoms with Crippen LogP contribution in [0.15, 0.2) is 42.9 Å². The van der Waals surface area contributed by atoms with E-state index in [0.29, 0.717) is 23.1 Å². The molecule has 26 heavy (non-hydrogen) atoms. The fourth-order valence-corrected chi connectivity index (χ4v) is 3.14. The molecule has 2 aromatic heterocycles. The van der Waals surface area contributed by atoms with Crippen LogP contribution in [-0.2, 0) is 6.42 Å². The van der Waals surface area contributed by atoms with E-state index in [1.807, 2.05) is 18.2 Å². The number of benzene rings is 1. The number of aromatic nitrogens is 3. The number of nitrogens with zero attached hydrogens (tertiary/aromatic N) is 3. The van der Waals surface area contributed by atoms with Crippen molar-refractivity contribution in [3.05, 3.63) is 64.8 Å². The molecule has 0 radical (unpaired) electrons. The number of hydrogen-bond acceptors (Lipinski definition) is 5. The summed E-state index contributed by atoms with van der Waals surface area (Å²) in [7, 11) is 0. The zero-order chi connectivity index (χ0) is 18.1. The van der Waals surface area contributed by atoms with Crippen LogP contribution in [0.4, 0.5) is 5.82 Å². The molecule has 3 aromatic rings. The highest BCUT2D eigenvalue weighted by molar-refractivity contribution is 6.33. The first-order valence-corrected chi connectivity index (χ1v) is 8.50. The monoisotopic (exact) mass is 366 g/mol. The lowest BCUT2D eigenvalue weighted by Gasteiger charge is -2.09. The van der Waals surface area contributed by atoms with E-state index in [-0.39, 0.29) is 11.6 Å². The Morgan fingerprint density at radius 2 is 2.04 bits per heavy atom. The maximum absolute atomic E-state index is 12.3. The van der Waals surface area contributed by atoms with E-state index in [2.05, 4.69) is 20.3 Å². The summed E-state index contributed by atoms with van der Waals surface area (Å²) in [5.74, 6) is 0.942. The number of amides is 1. The molecule has 0 saturated carbocycles. The van der Waals surface area contributed by atoms with Crippen LogP contribution in [0.25, 0.3) is 11.1 Å². The number of anilines is 1. The van der Waals surface area contributed by atoms with Gasteiger partial charge in [-0.2, -0.15) is 0 Å². The highest BCUT2D eigenvalue weighted by Gasteiger charge is 2.17. The Morgan fingerprint density at radius 3 is 2.81 bits per heavy atom. The second-order valence-electron chi connectivity index (χ2n) is 5.91. The predicted molar refractivity (Wildman–Crippen MR) is 98.6 cm³/mol. The van der Waals surface area contributed by atoms with Crippen LogP contribution in [0.5, 0.6) is 5.75 Å². The summed E-state index contributed by atoms with van der Waals surface area (Å²) in [6, 6.07) is 7.45. The molecular weight excluding hydrogens is 352 g/mol. The molecular formula is C19H15ClN4O2. The van der Waals surface area contributed by atoms with E-state index in [1.165, 1.54) is 6.20 Å². The number of pyridine rings is 1. The Bertz CT molecular complexity index is 989. The molecule has 1 N–H and O–H groups in total. The summed E-state index contributed by atoms with van der Waals surface area (Å²) in [6.45, 7) is 2.41. The maximum atomic E-state index is 12.3. The third-order valence-electron chi connectivity index (χ3n) is 4.19. The van der Waals surface area contributed by atoms with Crippen LogP contribution < -0.4 is 10.1 Å². The van der Waals surface area contributed by atoms with Gasteiger partial charge in [-0.05, 0) is 36.8 Å². The first-order chi connectivity index (χ1) is 12.6. The van der Waals surface area contributed by atoms with Gasteiger partial charge in [-0.15, -0.1) is 0 Å². The summed E-state index contributed by atoms with van der Waals surface area (Å²) < 4.78 is 5.60. The Balaban J connectivity index is 1.56. The lowest BCUT2D eigenvalue weighted by molar-refractivity contribution is 0.102. The van der Waals surface area contributed by atoms with Gasteiger partial charge in [-0.25, -0.2) is 9.97 Å². The minimum Gasteiger partial charge on any atom is -0.493 e. The van der Waals surface area contributed by atoms with Gasteiger partial charge in [0, 0.05) is 41.2 Å². The average Bonchev–Trinajstić information content (AvgIpc) is 3.09. The van der Waals surface area contributed by atoms with Crippen molar-refractivity contribution in [2.45, 2.75) is 13.3 Å². The van der Waals surface area contributed by atoms with Crippen LogP contribution in [0.1, 0.15) is 21.7 Å². The minimum absolute atomic E-state index is 0.275. The number of nitrogens with one attached hydrogen (secondary N) is 1. The molecule has 1 aromatic carbocycles. The summed E-state index contributed by atoms with van der Waals surface area (Å²) in [5, 5.41) is 3.38. The molecule has 0 atom stereocenters. The number of carbonyl (C=O) groups is 1. The maximum Gasteiger partial charge on any atom is 0.277 e. The number of halogens is 1. The molecule has 1 aliphatic rings. The highest BCUT2D eigenvalue weighted by Crippen LogP contribution is 2.36. The van der Waals surface area contributed by atoms with E-state index in [0.717, 1.165) is 28.9 Å². The Kier molecular flexibility index (Phi) is 4.26. The molecule has 130 valence electrons. The fourth-order valence-electron chi connectivity index (χ4n) is 2.85. The molecule has 7 heteroatoms. The quantitative estimate of drug-likeness (QED) is 0.765. The van der Waals surface area contributed by atoms with Crippen LogP contribution in [0.3, 0.4) is 0 Å². The van der Waals surface area contributed by atoms with Gasteiger partial charge < -0.3 is 10.1 Å². The molecule has 4 rings (SSSR count). The van der Waals surface area contributed by atoms with E-state index < -0.39 is 0 Å². The zero-order valence-corrected chi connectivity index (χ0v) is 14.7. The third-order valence-corrected chi connectivity index (χ3v) is 4.50. The minimum atomic E-state index is -0.347. The van der Waals surface area contributed by atoms with Gasteiger partial charge in [-0.3, -0.25) is 9.78 Å². The summed E-state index contributed by atoms with van der Waals surface area (Å²) in [4.78, 5) is 24.7. The summed E-state index contributed by atoms with van der Waals surface area (Å²) in [5.41, 5.74) is 3.66. The number of aryl methyl sites for hydroxylation is 1. The average molecular weight is 367 g/mol. The zero-order valence-electron chi connectivity index (χ0n) is 14.0. The molecule has 0 unspecified atom stereocenters. The number of hydrogen-bond donors (Lipinski definition) is 1. The standard InChI is InChI=1S/C19H15ClN4O2/c1-11-18(22-6-5-21-11)19(25)24-17-3-2-13(10-23-17)14-9-16-12(4-7-26-16)8-15(14)20/h2-3,5-6,8-10H,4,7H2,1H3,(H,23,24,25). The van der Waals surface area contributed by atoms with Crippen LogP contribution in [0, 0.1) is 6.92 Å². The van der Waals surface area contributed by atoms with Crippen LogP contribution in [-0.4, -0.2) is 27.5 Å². The van der Waals surface area contributed by atoms with Crippen LogP contribution >= 0.6 is 11.6 Å². The molecule has 0 bridgehead atoms. The molecule has 0 saturated heterocycles. The number of rotatable bonds is 3. The second kappa shape index (κ2) is 6.72. The molecule has 1 amide bonds. The predicted octanol–water partition coefficient (Wildman–Crippen LogP) is 3.69. The number of ether oxygens (including phenoxy) is 1. The van der Waals surface area contributed by atoms with Crippen molar-refractivity contribution in [2.24, 2.45) is 0 Å². The van der Waals surface area contributed by atoms with E-state index in [9.17, 15) is 4.79 Å². The SMILES string of the molecule is Cc1nccnc1C(=O)Nc1ccc(-c2cc3c(cc2Cl)CCO3)cn1. The first kappa shape index (κ1) is 16.5. The van der Waals surface area contributed by atoms with E-state index >= 15 is 0 Å². The summed E-state index contributed by atoms with van der Waals surface area (Å²) >= 11 is 6.40. The largest absolute Gasteiger partial charge is 0.493 e. The summed E-state index contributed by atoms with van der Waals surface area (Å²) in [6.07, 6.45) is 5.57. The van der Waals surface area contributed by atoms with Crippen molar-refractivity contribution < 1.29 is 9.53 Å². The Morgan fingerprint density at radius 1 is 1.19 bits per heavy atom. The van der Waals surface area contributed by atoms with E-state index in [4.69, 9.17) is 16.3 Å². The molecule has 0 spiro atoms. The molecule has 6 nitrogen and oxygen atoms in total. The van der Waals surface area contributed by atoms with Gasteiger partial charge >= 0.3 is 0 Å². The lowest BCUT2D eigenvalue weighted by atomic mass is 10.0. The van der Waals surface area contributed by atoms with Crippen molar-refractivity contribution >= 4 is 23.3 Å². The third kappa shape index (κ3) is 3.11. The smallest absolute Gasteiger partial charge is 0.277 e. The molecule has 0 aliphatic carbocycles. The molecule has 1 aliphatic heterocycles. The van der Waals surface area contributed by atoms with Crippen molar-refractivity contribution in [3.63, 3.8) is 0 Å². The highest BCUT2D eigenvalue weighted by atomic mass is 35.5. The van der Waals surface area contributed by atoms with Gasteiger partial charge in [0.2, 0.25) is 0 Å². The van der Waals surface area contributed by atoms with Crippen LogP contribution in [0.2, 0.25) is 5.02 Å². The van der Waals surface area contributed by atoms with Crippen molar-refractivity contribution in [1.82, 2.24) is 15.0 Å². The topological polar surface area (TPSA) is 77.0 Å². The van der Waals surface area contributed by atoms with Crippen molar-refractivity contribution in [3.8, 4) is 16.9 Å². The number of carbonyl (C=O) groups excluding carboxylic acids is 1. The van der Waals surface area contributed by atoms with Crippen molar-refractivity contribution in [2.75, 3.05) is 11.9 Å². The normalized spacial score (nSPS) is 12.4. The molecule has 0 fully saturated rings. The number of fused-ring (bicyclic) bond motifs is 1. The second-order valence-corrected chi connectivity index (χ2v) is 6.32. The van der Waals surface area contributed by atoms with Gasteiger partial charge in [-0.1, -0.05) is 11.6 Å². The fraction of sp³-hybridized carbons (Fsp3) is 0.158. The molecule has 3 heterocycles. The Labute approximate surface area is 155 Å². The lowest BCUT2D eigenvalue weighted by Crippen LogP contribution is -2.16.